The van der Waals surface area contributed by atoms with E-state index in [1.165, 1.54) is 11.3 Å². The zero-order chi connectivity index (χ0) is 21.8. The Balaban J connectivity index is 2.00. The lowest BCUT2D eigenvalue weighted by atomic mass is 9.82. The first-order valence-electron chi connectivity index (χ1n) is 9.58. The van der Waals surface area contributed by atoms with E-state index in [0.717, 1.165) is 10.4 Å². The molecule has 0 spiro atoms. The smallest absolute Gasteiger partial charge is 0.341 e. The van der Waals surface area contributed by atoms with Crippen molar-refractivity contribution in [1.29, 1.82) is 0 Å². The highest BCUT2D eigenvalue weighted by Crippen LogP contribution is 2.41. The van der Waals surface area contributed by atoms with Gasteiger partial charge in [-0.25, -0.2) is 4.79 Å². The number of carboxylic acids is 1. The number of carbonyl (C=O) groups excluding carboxylic acids is 2. The molecule has 0 fully saturated rings. The highest BCUT2D eigenvalue weighted by Gasteiger charge is 2.35. The van der Waals surface area contributed by atoms with Gasteiger partial charge in [0.2, 0.25) is 5.91 Å². The van der Waals surface area contributed by atoms with E-state index < -0.39 is 29.7 Å². The lowest BCUT2D eigenvalue weighted by molar-refractivity contribution is -0.146. The number of carbonyl (C=O) groups is 3. The fourth-order valence-electron chi connectivity index (χ4n) is 3.58. The number of allylic oxidation sites excluding steroid dienone is 2. The molecule has 158 valence electrons. The molecule has 0 saturated carbocycles. The van der Waals surface area contributed by atoms with Gasteiger partial charge in [-0.2, -0.15) is 0 Å². The van der Waals surface area contributed by atoms with Crippen molar-refractivity contribution < 1.29 is 24.2 Å². The summed E-state index contributed by atoms with van der Waals surface area (Å²) in [6.07, 6.45) is 4.24. The van der Waals surface area contributed by atoms with Gasteiger partial charge in [-0.3, -0.25) is 9.59 Å². The third-order valence-corrected chi connectivity index (χ3v) is 6.29. The van der Waals surface area contributed by atoms with Gasteiger partial charge in [0.1, 0.15) is 10.6 Å². The topological polar surface area (TPSA) is 92.7 Å². The summed E-state index contributed by atoms with van der Waals surface area (Å²) in [7, 11) is 0. The number of benzene rings is 1. The van der Waals surface area contributed by atoms with Crippen LogP contribution in [0.1, 0.15) is 35.0 Å². The third-order valence-electron chi connectivity index (χ3n) is 5.02. The molecule has 1 aliphatic carbocycles. The molecule has 2 aromatic rings. The lowest BCUT2D eigenvalue weighted by Crippen LogP contribution is -2.34. The molecule has 2 N–H and O–H groups in total. The summed E-state index contributed by atoms with van der Waals surface area (Å²) in [6, 6.07) is 7.07. The largest absolute Gasteiger partial charge is 0.481 e. The normalized spacial score (nSPS) is 18.1. The number of carboxylic acid groups (broad SMARTS) is 1. The van der Waals surface area contributed by atoms with Crippen LogP contribution in [0.25, 0.3) is 11.1 Å². The number of rotatable bonds is 6. The molecular formula is C22H22ClNO5S. The van der Waals surface area contributed by atoms with Gasteiger partial charge in [0.15, 0.2) is 0 Å². The Morgan fingerprint density at radius 1 is 1.17 bits per heavy atom. The van der Waals surface area contributed by atoms with Gasteiger partial charge in [-0.15, -0.1) is 11.3 Å². The van der Waals surface area contributed by atoms with Crippen LogP contribution in [0.3, 0.4) is 0 Å². The first-order chi connectivity index (χ1) is 14.3. The summed E-state index contributed by atoms with van der Waals surface area (Å²) in [5.74, 6) is -3.46. The van der Waals surface area contributed by atoms with Crippen molar-refractivity contribution in [2.75, 3.05) is 11.9 Å². The number of esters is 1. The number of amides is 1. The summed E-state index contributed by atoms with van der Waals surface area (Å²) in [5, 5.41) is 13.2. The van der Waals surface area contributed by atoms with Crippen LogP contribution >= 0.6 is 22.9 Å². The van der Waals surface area contributed by atoms with E-state index in [-0.39, 0.29) is 12.2 Å². The molecule has 1 aromatic heterocycles. The Kier molecular flexibility index (Phi) is 6.95. The molecule has 1 amide bonds. The molecule has 0 unspecified atom stereocenters. The SMILES string of the molecule is CCOC(=O)c1c(NC(=O)[C@@H]2CC=CC[C@H]2C(=O)O)sc(C)c1-c1ccc(Cl)cc1. The summed E-state index contributed by atoms with van der Waals surface area (Å²) in [6.45, 7) is 3.76. The highest BCUT2D eigenvalue weighted by molar-refractivity contribution is 7.17. The Morgan fingerprint density at radius 2 is 1.80 bits per heavy atom. The first-order valence-corrected chi connectivity index (χ1v) is 10.8. The van der Waals surface area contributed by atoms with Crippen LogP contribution in [0.15, 0.2) is 36.4 Å². The van der Waals surface area contributed by atoms with Crippen LogP contribution in [-0.2, 0) is 14.3 Å². The monoisotopic (exact) mass is 447 g/mol. The zero-order valence-electron chi connectivity index (χ0n) is 16.6. The van der Waals surface area contributed by atoms with Gasteiger partial charge in [0.05, 0.1) is 18.4 Å². The summed E-state index contributed by atoms with van der Waals surface area (Å²) in [5.41, 5.74) is 1.72. The highest BCUT2D eigenvalue weighted by atomic mass is 35.5. The minimum absolute atomic E-state index is 0.190. The predicted octanol–water partition coefficient (Wildman–Crippen LogP) is 5.16. The van der Waals surface area contributed by atoms with Gasteiger partial charge in [0, 0.05) is 15.5 Å². The number of aliphatic carboxylic acids is 1. The van der Waals surface area contributed by atoms with Gasteiger partial charge < -0.3 is 15.2 Å². The maximum atomic E-state index is 12.9. The standard InChI is InChI=1S/C22H22ClNO5S/c1-3-29-22(28)18-17(13-8-10-14(23)11-9-13)12(2)30-20(18)24-19(25)15-6-4-5-7-16(15)21(26)27/h4-5,8-11,15-16H,3,6-7H2,1-2H3,(H,24,25)(H,26,27)/t15-,16-/m1/s1. The molecule has 30 heavy (non-hydrogen) atoms. The Labute approximate surface area is 183 Å². The quantitative estimate of drug-likeness (QED) is 0.471. The predicted molar refractivity (Wildman–Crippen MR) is 117 cm³/mol. The van der Waals surface area contributed by atoms with Crippen LogP contribution in [0, 0.1) is 18.8 Å². The minimum atomic E-state index is -1.01. The van der Waals surface area contributed by atoms with Crippen LogP contribution in [0.5, 0.6) is 0 Å². The molecule has 1 aliphatic rings. The molecule has 2 atom stereocenters. The maximum absolute atomic E-state index is 12.9. The molecule has 0 aliphatic heterocycles. The zero-order valence-corrected chi connectivity index (χ0v) is 18.2. The van der Waals surface area contributed by atoms with E-state index in [2.05, 4.69) is 5.32 Å². The Morgan fingerprint density at radius 3 is 2.40 bits per heavy atom. The minimum Gasteiger partial charge on any atom is -0.481 e. The van der Waals surface area contributed by atoms with E-state index >= 15 is 0 Å². The van der Waals surface area contributed by atoms with E-state index in [1.54, 1.807) is 37.3 Å². The molecular weight excluding hydrogens is 426 g/mol. The van der Waals surface area contributed by atoms with Crippen LogP contribution in [0.4, 0.5) is 5.00 Å². The fraction of sp³-hybridized carbons (Fsp3) is 0.318. The molecule has 6 nitrogen and oxygen atoms in total. The lowest BCUT2D eigenvalue weighted by Gasteiger charge is -2.24. The summed E-state index contributed by atoms with van der Waals surface area (Å²) < 4.78 is 5.24. The number of halogens is 1. The summed E-state index contributed by atoms with van der Waals surface area (Å²) >= 11 is 7.26. The molecule has 8 heteroatoms. The van der Waals surface area contributed by atoms with Crippen LogP contribution in [0.2, 0.25) is 5.02 Å². The van der Waals surface area contributed by atoms with E-state index in [9.17, 15) is 19.5 Å². The van der Waals surface area contributed by atoms with Crippen LogP contribution in [-0.4, -0.2) is 29.6 Å². The van der Waals surface area contributed by atoms with E-state index in [4.69, 9.17) is 16.3 Å². The molecule has 1 aromatic carbocycles. The Hall–Kier alpha value is -2.64. The second kappa shape index (κ2) is 9.45. The second-order valence-corrected chi connectivity index (χ2v) is 8.61. The number of hydrogen-bond donors (Lipinski definition) is 2. The van der Waals surface area contributed by atoms with E-state index in [0.29, 0.717) is 28.4 Å². The fourth-order valence-corrected chi connectivity index (χ4v) is 4.77. The molecule has 3 rings (SSSR count). The number of aryl methyl sites for hydroxylation is 1. The van der Waals surface area contributed by atoms with Gasteiger partial charge in [-0.05, 0) is 44.4 Å². The first kappa shape index (κ1) is 22.1. The van der Waals surface area contributed by atoms with Crippen molar-refractivity contribution in [3.05, 3.63) is 51.9 Å². The maximum Gasteiger partial charge on any atom is 0.341 e. The molecule has 0 saturated heterocycles. The van der Waals surface area contributed by atoms with Gasteiger partial charge >= 0.3 is 11.9 Å². The number of hydrogen-bond acceptors (Lipinski definition) is 5. The molecule has 0 radical (unpaired) electrons. The molecule has 1 heterocycles. The van der Waals surface area contributed by atoms with Crippen molar-refractivity contribution in [3.63, 3.8) is 0 Å². The third kappa shape index (κ3) is 4.57. The van der Waals surface area contributed by atoms with E-state index in [1.807, 2.05) is 13.0 Å². The van der Waals surface area contributed by atoms with Crippen molar-refractivity contribution >= 4 is 45.8 Å². The average Bonchev–Trinajstić information content (AvgIpc) is 3.04. The molecule has 0 bridgehead atoms. The van der Waals surface area contributed by atoms with Crippen molar-refractivity contribution in [1.82, 2.24) is 0 Å². The number of anilines is 1. The van der Waals surface area contributed by atoms with Gasteiger partial charge in [0.25, 0.3) is 0 Å². The number of ether oxygens (including phenoxy) is 1. The number of thiophene rings is 1. The van der Waals surface area contributed by atoms with Crippen molar-refractivity contribution in [2.24, 2.45) is 11.8 Å². The second-order valence-electron chi connectivity index (χ2n) is 6.95. The van der Waals surface area contributed by atoms with Crippen molar-refractivity contribution in [2.45, 2.75) is 26.7 Å². The van der Waals surface area contributed by atoms with Crippen LogP contribution < -0.4 is 5.32 Å². The average molecular weight is 448 g/mol. The van der Waals surface area contributed by atoms with Crippen molar-refractivity contribution in [3.8, 4) is 11.1 Å². The van der Waals surface area contributed by atoms with Gasteiger partial charge in [-0.1, -0.05) is 35.9 Å². The summed E-state index contributed by atoms with van der Waals surface area (Å²) in [4.78, 5) is 38.1. The Bertz CT molecular complexity index is 996. The number of nitrogens with one attached hydrogen (secondary N) is 1.